The monoisotopic (exact) mass is 408 g/mol. The Bertz CT molecular complexity index is 1040. The first-order chi connectivity index (χ1) is 13.4. The molecule has 0 aliphatic rings. The van der Waals surface area contributed by atoms with Crippen LogP contribution in [-0.2, 0) is 24.7 Å². The molecule has 0 radical (unpaired) electrons. The van der Waals surface area contributed by atoms with Gasteiger partial charge in [-0.3, -0.25) is 9.48 Å². The van der Waals surface area contributed by atoms with E-state index in [4.69, 9.17) is 0 Å². The average molecular weight is 408 g/mol. The Hall–Kier alpha value is -2.91. The molecule has 3 aromatic heterocycles. The minimum atomic E-state index is -4.63. The molecule has 3 heterocycles. The van der Waals surface area contributed by atoms with E-state index in [9.17, 15) is 18.0 Å². The van der Waals surface area contributed by atoms with Crippen molar-refractivity contribution in [3.8, 4) is 0 Å². The Morgan fingerprint density at radius 3 is 2.45 bits per heavy atom. The lowest BCUT2D eigenvalue weighted by Crippen LogP contribution is -2.26. The second-order valence-corrected chi connectivity index (χ2v) is 7.94. The van der Waals surface area contributed by atoms with Crippen molar-refractivity contribution in [2.24, 2.45) is 0 Å². The molecule has 10 heteroatoms. The minimum Gasteiger partial charge on any atom is -0.336 e. The van der Waals surface area contributed by atoms with Gasteiger partial charge >= 0.3 is 6.18 Å². The number of amides is 1. The molecule has 0 fully saturated rings. The van der Waals surface area contributed by atoms with Gasteiger partial charge < -0.3 is 4.90 Å². The zero-order valence-electron chi connectivity index (χ0n) is 16.9. The molecule has 156 valence electrons. The molecule has 0 unspecified atom stereocenters. The maximum absolute atomic E-state index is 13.6. The topological polar surface area (TPSA) is 68.3 Å². The van der Waals surface area contributed by atoms with Gasteiger partial charge in [0.2, 0.25) is 0 Å². The van der Waals surface area contributed by atoms with Crippen LogP contribution in [0.15, 0.2) is 24.5 Å². The summed E-state index contributed by atoms with van der Waals surface area (Å²) in [5.74, 6) is -0.495. The van der Waals surface area contributed by atoms with Crippen molar-refractivity contribution in [3.63, 3.8) is 0 Å². The van der Waals surface area contributed by atoms with Gasteiger partial charge in [0.1, 0.15) is 5.69 Å². The number of carbonyl (C=O) groups is 1. The second-order valence-electron chi connectivity index (χ2n) is 7.94. The normalized spacial score (nSPS) is 12.6. The highest BCUT2D eigenvalue weighted by molar-refractivity contribution is 5.93. The van der Waals surface area contributed by atoms with E-state index in [2.05, 4.69) is 15.2 Å². The quantitative estimate of drug-likeness (QED) is 0.662. The van der Waals surface area contributed by atoms with Gasteiger partial charge in [0, 0.05) is 43.4 Å². The highest BCUT2D eigenvalue weighted by Gasteiger charge is 2.36. The van der Waals surface area contributed by atoms with Crippen molar-refractivity contribution in [2.45, 2.75) is 52.4 Å². The summed E-state index contributed by atoms with van der Waals surface area (Å²) in [5, 5.41) is 8.06. The number of rotatable bonds is 4. The van der Waals surface area contributed by atoms with Gasteiger partial charge in [-0.1, -0.05) is 20.8 Å². The third-order valence-electron chi connectivity index (χ3n) is 4.48. The lowest BCUT2D eigenvalue weighted by atomic mass is 9.91. The van der Waals surface area contributed by atoms with E-state index in [1.54, 1.807) is 38.7 Å². The molecule has 3 aromatic rings. The number of alkyl halides is 3. The maximum atomic E-state index is 13.6. The number of halogens is 3. The van der Waals surface area contributed by atoms with Crippen molar-refractivity contribution in [1.82, 2.24) is 29.3 Å². The maximum Gasteiger partial charge on any atom is 0.433 e. The predicted molar refractivity (Wildman–Crippen MR) is 100 cm³/mol. The standard InChI is InChI=1S/C19H23F3N6O/c1-6-27-11-12(9-23-27)10-26(5)17(29)13-7-16-24-14(18(2,3)4)8-15(19(20,21)22)28(16)25-13/h7-9,11H,6,10H2,1-5H3. The molecule has 0 aliphatic carbocycles. The summed E-state index contributed by atoms with van der Waals surface area (Å²) >= 11 is 0. The molecule has 0 saturated heterocycles. The van der Waals surface area contributed by atoms with E-state index < -0.39 is 23.2 Å². The molecule has 0 atom stereocenters. The molecule has 0 aromatic carbocycles. The van der Waals surface area contributed by atoms with Crippen molar-refractivity contribution >= 4 is 11.6 Å². The van der Waals surface area contributed by atoms with Gasteiger partial charge in [-0.15, -0.1) is 0 Å². The SMILES string of the molecule is CCn1cc(CN(C)C(=O)c2cc3nc(C(C)(C)C)cc(C(F)(F)F)n3n2)cn1. The second kappa shape index (κ2) is 7.16. The van der Waals surface area contributed by atoms with Crippen LogP contribution in [0, 0.1) is 0 Å². The Morgan fingerprint density at radius 2 is 1.90 bits per heavy atom. The molecule has 0 spiro atoms. The van der Waals surface area contributed by atoms with Crippen LogP contribution in [0.1, 0.15) is 55.1 Å². The third-order valence-corrected chi connectivity index (χ3v) is 4.48. The molecule has 7 nitrogen and oxygen atoms in total. The average Bonchev–Trinajstić information content (AvgIpc) is 3.24. The van der Waals surface area contributed by atoms with Crippen molar-refractivity contribution in [2.75, 3.05) is 7.05 Å². The van der Waals surface area contributed by atoms with Crippen LogP contribution < -0.4 is 0 Å². The Labute approximate surface area is 166 Å². The lowest BCUT2D eigenvalue weighted by Gasteiger charge is -2.19. The fourth-order valence-corrected chi connectivity index (χ4v) is 2.87. The third kappa shape index (κ3) is 4.25. The molecule has 0 aliphatic heterocycles. The van der Waals surface area contributed by atoms with Crippen LogP contribution in [0.5, 0.6) is 0 Å². The first kappa shape index (κ1) is 20.8. The van der Waals surface area contributed by atoms with E-state index >= 15 is 0 Å². The summed E-state index contributed by atoms with van der Waals surface area (Å²) < 4.78 is 43.2. The zero-order chi connectivity index (χ0) is 21.6. The zero-order valence-corrected chi connectivity index (χ0v) is 16.9. The Kier molecular flexibility index (Phi) is 5.14. The van der Waals surface area contributed by atoms with Gasteiger partial charge in [0.15, 0.2) is 11.3 Å². The number of hydrogen-bond donors (Lipinski definition) is 0. The van der Waals surface area contributed by atoms with E-state index in [1.165, 1.54) is 11.0 Å². The smallest absolute Gasteiger partial charge is 0.336 e. The van der Waals surface area contributed by atoms with E-state index in [-0.39, 0.29) is 23.6 Å². The van der Waals surface area contributed by atoms with E-state index in [1.807, 2.05) is 13.1 Å². The van der Waals surface area contributed by atoms with Gasteiger partial charge in [-0.2, -0.15) is 23.4 Å². The van der Waals surface area contributed by atoms with Gasteiger partial charge in [0.25, 0.3) is 5.91 Å². The number of hydrogen-bond acceptors (Lipinski definition) is 4. The molecular weight excluding hydrogens is 385 g/mol. The van der Waals surface area contributed by atoms with Crippen molar-refractivity contribution in [1.29, 1.82) is 0 Å². The van der Waals surface area contributed by atoms with Crippen LogP contribution in [0.3, 0.4) is 0 Å². The Balaban J connectivity index is 1.98. The summed E-state index contributed by atoms with van der Waals surface area (Å²) in [6.07, 6.45) is -1.17. The summed E-state index contributed by atoms with van der Waals surface area (Å²) in [4.78, 5) is 18.4. The van der Waals surface area contributed by atoms with Crippen molar-refractivity contribution in [3.05, 3.63) is 47.2 Å². The largest absolute Gasteiger partial charge is 0.433 e. The highest BCUT2D eigenvalue weighted by Crippen LogP contribution is 2.32. The summed E-state index contributed by atoms with van der Waals surface area (Å²) in [6, 6.07) is 2.27. The number of nitrogens with zero attached hydrogens (tertiary/aromatic N) is 6. The molecule has 3 rings (SSSR count). The molecule has 1 amide bonds. The van der Waals surface area contributed by atoms with Crippen LogP contribution >= 0.6 is 0 Å². The van der Waals surface area contributed by atoms with Crippen LogP contribution in [0.2, 0.25) is 0 Å². The number of aromatic nitrogens is 5. The number of aryl methyl sites for hydroxylation is 1. The number of fused-ring (bicyclic) bond motifs is 1. The molecular formula is C19H23F3N6O. The summed E-state index contributed by atoms with van der Waals surface area (Å²) in [5.41, 5.74) is -0.572. The molecule has 0 bridgehead atoms. The van der Waals surface area contributed by atoms with Gasteiger partial charge in [-0.05, 0) is 13.0 Å². The van der Waals surface area contributed by atoms with E-state index in [0.717, 1.165) is 11.6 Å². The summed E-state index contributed by atoms with van der Waals surface area (Å²) in [6.45, 7) is 8.24. The van der Waals surface area contributed by atoms with Crippen LogP contribution in [0.25, 0.3) is 5.65 Å². The van der Waals surface area contributed by atoms with Gasteiger partial charge in [-0.25, -0.2) is 9.50 Å². The first-order valence-electron chi connectivity index (χ1n) is 9.15. The highest BCUT2D eigenvalue weighted by atomic mass is 19.4. The molecule has 29 heavy (non-hydrogen) atoms. The van der Waals surface area contributed by atoms with Crippen LogP contribution in [-0.4, -0.2) is 42.2 Å². The lowest BCUT2D eigenvalue weighted by molar-refractivity contribution is -0.142. The van der Waals surface area contributed by atoms with Crippen LogP contribution in [0.4, 0.5) is 13.2 Å². The molecule has 0 saturated carbocycles. The number of carbonyl (C=O) groups excluding carboxylic acids is 1. The van der Waals surface area contributed by atoms with Crippen molar-refractivity contribution < 1.29 is 18.0 Å². The van der Waals surface area contributed by atoms with Gasteiger partial charge in [0.05, 0.1) is 11.9 Å². The minimum absolute atomic E-state index is 0.0136. The fourth-order valence-electron chi connectivity index (χ4n) is 2.87. The predicted octanol–water partition coefficient (Wildman–Crippen LogP) is 3.53. The molecule has 0 N–H and O–H groups in total. The van der Waals surface area contributed by atoms with E-state index in [0.29, 0.717) is 11.1 Å². The first-order valence-corrected chi connectivity index (χ1v) is 9.15. The fraction of sp³-hybridized carbons (Fsp3) is 0.474. The summed E-state index contributed by atoms with van der Waals surface area (Å²) in [7, 11) is 1.56. The Morgan fingerprint density at radius 1 is 1.21 bits per heavy atom.